The van der Waals surface area contributed by atoms with Crippen LogP contribution in [0.3, 0.4) is 0 Å². The third kappa shape index (κ3) is 2.17. The van der Waals surface area contributed by atoms with Gasteiger partial charge in [0.05, 0.1) is 6.61 Å². The van der Waals surface area contributed by atoms with Crippen LogP contribution in [0.15, 0.2) is 0 Å². The van der Waals surface area contributed by atoms with Gasteiger partial charge in [-0.15, -0.1) is 0 Å². The first kappa shape index (κ1) is 9.01. The number of hydrogen-bond acceptors (Lipinski definition) is 2. The van der Waals surface area contributed by atoms with Crippen LogP contribution in [-0.2, 0) is 0 Å². The molecule has 0 heterocycles. The highest BCUT2D eigenvalue weighted by atomic mass is 16.3. The highest BCUT2D eigenvalue weighted by molar-refractivity contribution is 4.80. The first-order valence-corrected chi connectivity index (χ1v) is 4.57. The van der Waals surface area contributed by atoms with E-state index < -0.39 is 0 Å². The van der Waals surface area contributed by atoms with Crippen LogP contribution in [0, 0.1) is 5.92 Å². The van der Waals surface area contributed by atoms with E-state index in [0.29, 0.717) is 6.61 Å². The molecule has 1 aliphatic rings. The van der Waals surface area contributed by atoms with E-state index in [1.54, 1.807) is 0 Å². The van der Waals surface area contributed by atoms with Gasteiger partial charge in [-0.2, -0.15) is 0 Å². The fourth-order valence-electron chi connectivity index (χ4n) is 2.10. The zero-order valence-corrected chi connectivity index (χ0v) is 7.58. The summed E-state index contributed by atoms with van der Waals surface area (Å²) in [7, 11) is 2.11. The molecule has 0 aromatic heterocycles. The SMILES string of the molecule is C[C@@H]1CCC[C@@H]1N(C)CCO. The molecule has 0 aromatic carbocycles. The van der Waals surface area contributed by atoms with Gasteiger partial charge in [-0.25, -0.2) is 0 Å². The molecule has 0 radical (unpaired) electrons. The van der Waals surface area contributed by atoms with E-state index >= 15 is 0 Å². The molecule has 11 heavy (non-hydrogen) atoms. The van der Waals surface area contributed by atoms with Crippen molar-refractivity contribution >= 4 is 0 Å². The summed E-state index contributed by atoms with van der Waals surface area (Å²) in [6, 6.07) is 0.724. The van der Waals surface area contributed by atoms with E-state index in [1.165, 1.54) is 19.3 Å². The molecule has 0 spiro atoms. The highest BCUT2D eigenvalue weighted by Gasteiger charge is 2.25. The van der Waals surface area contributed by atoms with E-state index in [4.69, 9.17) is 5.11 Å². The van der Waals surface area contributed by atoms with Gasteiger partial charge in [-0.1, -0.05) is 13.3 Å². The second kappa shape index (κ2) is 4.07. The molecular formula is C9H19NO. The molecule has 1 saturated carbocycles. The zero-order chi connectivity index (χ0) is 8.27. The maximum atomic E-state index is 8.74. The summed E-state index contributed by atoms with van der Waals surface area (Å²) in [4.78, 5) is 2.29. The van der Waals surface area contributed by atoms with Gasteiger partial charge in [0, 0.05) is 12.6 Å². The molecule has 66 valence electrons. The number of aliphatic hydroxyl groups excluding tert-OH is 1. The molecule has 1 fully saturated rings. The Morgan fingerprint density at radius 2 is 2.18 bits per heavy atom. The quantitative estimate of drug-likeness (QED) is 0.663. The van der Waals surface area contributed by atoms with E-state index in [9.17, 15) is 0 Å². The van der Waals surface area contributed by atoms with Gasteiger partial charge < -0.3 is 10.0 Å². The van der Waals surface area contributed by atoms with Gasteiger partial charge in [0.2, 0.25) is 0 Å². The molecular weight excluding hydrogens is 138 g/mol. The molecule has 1 N–H and O–H groups in total. The van der Waals surface area contributed by atoms with Crippen LogP contribution in [0.1, 0.15) is 26.2 Å². The van der Waals surface area contributed by atoms with Crippen molar-refractivity contribution < 1.29 is 5.11 Å². The maximum absolute atomic E-state index is 8.74. The Morgan fingerprint density at radius 1 is 1.45 bits per heavy atom. The molecule has 0 aromatic rings. The summed E-state index contributed by atoms with van der Waals surface area (Å²) in [5, 5.41) is 8.74. The van der Waals surface area contributed by atoms with E-state index in [-0.39, 0.29) is 0 Å². The van der Waals surface area contributed by atoms with Gasteiger partial charge in [0.1, 0.15) is 0 Å². The second-order valence-electron chi connectivity index (χ2n) is 3.68. The lowest BCUT2D eigenvalue weighted by atomic mass is 10.1. The number of likely N-dealkylation sites (N-methyl/N-ethyl adjacent to an activating group) is 1. The van der Waals surface area contributed by atoms with Crippen LogP contribution in [-0.4, -0.2) is 36.2 Å². The summed E-state index contributed by atoms with van der Waals surface area (Å²) >= 11 is 0. The van der Waals surface area contributed by atoms with Crippen molar-refractivity contribution in [1.82, 2.24) is 4.90 Å². The van der Waals surface area contributed by atoms with Gasteiger partial charge in [0.25, 0.3) is 0 Å². The normalized spacial score (nSPS) is 31.6. The summed E-state index contributed by atoms with van der Waals surface area (Å²) in [6.07, 6.45) is 4.04. The average Bonchev–Trinajstić information content (AvgIpc) is 2.36. The molecule has 0 unspecified atom stereocenters. The fourth-order valence-corrected chi connectivity index (χ4v) is 2.10. The minimum absolute atomic E-state index is 0.291. The summed E-state index contributed by atoms with van der Waals surface area (Å²) < 4.78 is 0. The number of nitrogens with zero attached hydrogens (tertiary/aromatic N) is 1. The smallest absolute Gasteiger partial charge is 0.0558 e. The Kier molecular flexibility index (Phi) is 3.34. The Bertz CT molecular complexity index is 116. The molecule has 0 aliphatic heterocycles. The molecule has 1 rings (SSSR count). The van der Waals surface area contributed by atoms with E-state index in [0.717, 1.165) is 18.5 Å². The maximum Gasteiger partial charge on any atom is 0.0558 e. The molecule has 0 amide bonds. The Morgan fingerprint density at radius 3 is 2.64 bits per heavy atom. The summed E-state index contributed by atoms with van der Waals surface area (Å²) in [5.74, 6) is 0.826. The van der Waals surface area contributed by atoms with Crippen molar-refractivity contribution in [3.8, 4) is 0 Å². The van der Waals surface area contributed by atoms with Crippen molar-refractivity contribution in [2.75, 3.05) is 20.2 Å². The predicted octanol–water partition coefficient (Wildman–Crippen LogP) is 1.10. The van der Waals surface area contributed by atoms with E-state index in [2.05, 4.69) is 18.9 Å². The number of rotatable bonds is 3. The van der Waals surface area contributed by atoms with Crippen molar-refractivity contribution in [1.29, 1.82) is 0 Å². The minimum atomic E-state index is 0.291. The van der Waals surface area contributed by atoms with Crippen LogP contribution in [0.4, 0.5) is 0 Å². The molecule has 2 heteroatoms. The standard InChI is InChI=1S/C9H19NO/c1-8-4-3-5-9(8)10(2)6-7-11/h8-9,11H,3-7H2,1-2H3/t8-,9+/m1/s1. The summed E-state index contributed by atoms with van der Waals surface area (Å²) in [5.41, 5.74) is 0. The molecule has 1 aliphatic carbocycles. The molecule has 2 atom stereocenters. The van der Waals surface area contributed by atoms with Crippen molar-refractivity contribution in [3.05, 3.63) is 0 Å². The molecule has 0 saturated heterocycles. The van der Waals surface area contributed by atoms with Crippen LogP contribution in [0.2, 0.25) is 0 Å². The van der Waals surface area contributed by atoms with Crippen LogP contribution in [0.25, 0.3) is 0 Å². The van der Waals surface area contributed by atoms with Crippen molar-refractivity contribution in [2.24, 2.45) is 5.92 Å². The molecule has 2 nitrogen and oxygen atoms in total. The Balaban J connectivity index is 2.33. The largest absolute Gasteiger partial charge is 0.395 e. The monoisotopic (exact) mass is 157 g/mol. The van der Waals surface area contributed by atoms with Crippen molar-refractivity contribution in [3.63, 3.8) is 0 Å². The van der Waals surface area contributed by atoms with Crippen LogP contribution >= 0.6 is 0 Å². The first-order chi connectivity index (χ1) is 5.25. The average molecular weight is 157 g/mol. The van der Waals surface area contributed by atoms with Crippen molar-refractivity contribution in [2.45, 2.75) is 32.2 Å². The second-order valence-corrected chi connectivity index (χ2v) is 3.68. The van der Waals surface area contributed by atoms with E-state index in [1.807, 2.05) is 0 Å². The van der Waals surface area contributed by atoms with Gasteiger partial charge >= 0.3 is 0 Å². The third-order valence-electron chi connectivity index (χ3n) is 2.84. The third-order valence-corrected chi connectivity index (χ3v) is 2.84. The fraction of sp³-hybridized carbons (Fsp3) is 1.00. The number of hydrogen-bond donors (Lipinski definition) is 1. The van der Waals surface area contributed by atoms with Crippen LogP contribution < -0.4 is 0 Å². The van der Waals surface area contributed by atoms with Gasteiger partial charge in [-0.3, -0.25) is 0 Å². The highest BCUT2D eigenvalue weighted by Crippen LogP contribution is 2.28. The topological polar surface area (TPSA) is 23.5 Å². The Labute approximate surface area is 69.2 Å². The summed E-state index contributed by atoms with van der Waals surface area (Å²) in [6.45, 7) is 3.43. The number of aliphatic hydroxyl groups is 1. The Hall–Kier alpha value is -0.0800. The molecule has 0 bridgehead atoms. The predicted molar refractivity (Wildman–Crippen MR) is 46.5 cm³/mol. The first-order valence-electron chi connectivity index (χ1n) is 4.57. The lowest BCUT2D eigenvalue weighted by Crippen LogP contribution is -2.35. The zero-order valence-electron chi connectivity index (χ0n) is 7.58. The van der Waals surface area contributed by atoms with Gasteiger partial charge in [-0.05, 0) is 25.8 Å². The van der Waals surface area contributed by atoms with Crippen LogP contribution in [0.5, 0.6) is 0 Å². The lowest BCUT2D eigenvalue weighted by molar-refractivity contribution is 0.160. The lowest BCUT2D eigenvalue weighted by Gasteiger charge is -2.26. The minimum Gasteiger partial charge on any atom is -0.395 e. The van der Waals surface area contributed by atoms with Gasteiger partial charge in [0.15, 0.2) is 0 Å².